The van der Waals surface area contributed by atoms with Crippen LogP contribution in [0.5, 0.6) is 11.5 Å². The number of para-hydroxylation sites is 2. The first kappa shape index (κ1) is 38.3. The standard InChI is InChI=1S/C53H57N4O.Pt/c1-34(2)23-37-26-46-45-20-19-44(32-50(45)57(51-25-36(5)21-22-54-51)49(46)27-38(37)24-35(3)4)58-43-16-14-15-41(31-43)55-33-56(48-18-13-12-17-47(48)55)42-29-39(52(6,7)8)28-40(30-42)53(9,10)11;/h12-22,25-30,33-35H,23-24H2,1-11H3;/q-3;/i5D3;. The quantitative estimate of drug-likeness (QED) is 0.135. The van der Waals surface area contributed by atoms with Crippen molar-refractivity contribution in [1.82, 2.24) is 9.55 Å². The predicted molar refractivity (Wildman–Crippen MR) is 243 cm³/mol. The molecular formula is C53H57N4OPt-3. The van der Waals surface area contributed by atoms with Crippen molar-refractivity contribution < 1.29 is 29.9 Å². The largest absolute Gasteiger partial charge is 0.509 e. The molecule has 0 aliphatic carbocycles. The minimum Gasteiger partial charge on any atom is -0.509 e. The van der Waals surface area contributed by atoms with Gasteiger partial charge in [0.05, 0.1) is 0 Å². The Morgan fingerprint density at radius 1 is 0.695 bits per heavy atom. The Bertz CT molecular complexity index is 2720. The van der Waals surface area contributed by atoms with Crippen LogP contribution in [0, 0.1) is 37.5 Å². The zero-order chi connectivity index (χ0) is 43.6. The van der Waals surface area contributed by atoms with Crippen molar-refractivity contribution >= 4 is 44.6 Å². The summed E-state index contributed by atoms with van der Waals surface area (Å²) in [4.78, 5) is 9.18. The van der Waals surface area contributed by atoms with Gasteiger partial charge in [-0.25, -0.2) is 4.98 Å². The van der Waals surface area contributed by atoms with Crippen molar-refractivity contribution in [2.24, 2.45) is 11.8 Å². The monoisotopic (exact) mass is 963 g/mol. The normalized spacial score (nSPS) is 14.1. The van der Waals surface area contributed by atoms with Crippen LogP contribution < -0.4 is 14.5 Å². The molecule has 5 aromatic carbocycles. The van der Waals surface area contributed by atoms with E-state index in [1.807, 2.05) is 28.8 Å². The fourth-order valence-corrected chi connectivity index (χ4v) is 8.03. The molecule has 0 fully saturated rings. The van der Waals surface area contributed by atoms with E-state index < -0.39 is 6.85 Å². The van der Waals surface area contributed by atoms with E-state index in [9.17, 15) is 0 Å². The number of ether oxygens (including phenoxy) is 1. The van der Waals surface area contributed by atoms with Crippen molar-refractivity contribution in [2.75, 3.05) is 9.80 Å². The Morgan fingerprint density at radius 3 is 1.98 bits per heavy atom. The Morgan fingerprint density at radius 2 is 1.34 bits per heavy atom. The number of aryl methyl sites for hydroxylation is 1. The number of benzene rings is 5. The SMILES string of the molecule is [2H]C([2H])([2H])c1ccnc(-n2c3[c-]c(Oc4[c-]c(N5[CH-]N(c6cc(C(C)(C)C)cc(C(C)(C)C)c6)c6ccccc65)ccc4)ccc3c3cc(CC(C)C)c(CC(C)C)cc32)c1.[Pt]. The van der Waals surface area contributed by atoms with Crippen LogP contribution in [0.3, 0.4) is 0 Å². The molecule has 59 heavy (non-hydrogen) atoms. The van der Waals surface area contributed by atoms with Gasteiger partial charge in [-0.05, 0) is 118 Å². The first-order valence-corrected chi connectivity index (χ1v) is 20.6. The van der Waals surface area contributed by atoms with E-state index in [1.165, 1.54) is 22.3 Å². The van der Waals surface area contributed by atoms with E-state index in [2.05, 4.69) is 159 Å². The van der Waals surface area contributed by atoms with Crippen LogP contribution in [-0.4, -0.2) is 9.55 Å². The molecule has 0 radical (unpaired) electrons. The Kier molecular flexibility index (Phi) is 10.6. The van der Waals surface area contributed by atoms with Gasteiger partial charge >= 0.3 is 0 Å². The molecule has 0 bridgehead atoms. The third kappa shape index (κ3) is 8.60. The van der Waals surface area contributed by atoms with Crippen LogP contribution >= 0.6 is 0 Å². The van der Waals surface area contributed by atoms with Crippen LogP contribution in [0.4, 0.5) is 22.7 Å². The number of rotatable bonds is 9. The molecular weight excluding hydrogens is 904 g/mol. The van der Waals surface area contributed by atoms with Crippen LogP contribution in [0.25, 0.3) is 27.6 Å². The van der Waals surface area contributed by atoms with E-state index in [0.717, 1.165) is 57.4 Å². The molecule has 0 N–H and O–H groups in total. The van der Waals surface area contributed by atoms with Crippen molar-refractivity contribution in [3.8, 4) is 17.3 Å². The molecule has 0 atom stereocenters. The number of aromatic nitrogens is 2. The van der Waals surface area contributed by atoms with Crippen LogP contribution in [0.1, 0.15) is 101 Å². The number of fused-ring (bicyclic) bond motifs is 4. The molecule has 0 amide bonds. The smallest absolute Gasteiger partial charge is 0.135 e. The minimum atomic E-state index is -2.28. The number of anilines is 4. The van der Waals surface area contributed by atoms with Gasteiger partial charge in [0.1, 0.15) is 5.82 Å². The van der Waals surface area contributed by atoms with E-state index in [1.54, 1.807) is 18.3 Å². The van der Waals surface area contributed by atoms with Gasteiger partial charge in [0.2, 0.25) is 0 Å². The Labute approximate surface area is 370 Å². The second-order valence-corrected chi connectivity index (χ2v) is 18.8. The molecule has 3 heterocycles. The molecule has 7 aromatic rings. The zero-order valence-corrected chi connectivity index (χ0v) is 38.2. The molecule has 308 valence electrons. The van der Waals surface area contributed by atoms with Gasteiger partial charge in [0.25, 0.3) is 0 Å². The summed E-state index contributed by atoms with van der Waals surface area (Å²) in [5.74, 6) is 2.54. The molecule has 2 aromatic heterocycles. The zero-order valence-electron chi connectivity index (χ0n) is 39.0. The number of hydrogen-bond acceptors (Lipinski definition) is 4. The van der Waals surface area contributed by atoms with Gasteiger partial charge in [-0.2, -0.15) is 12.1 Å². The fraction of sp³-hybridized carbons (Fsp3) is 0.321. The maximum atomic E-state index is 8.18. The van der Waals surface area contributed by atoms with Gasteiger partial charge < -0.3 is 19.1 Å². The van der Waals surface area contributed by atoms with Gasteiger partial charge in [-0.15, -0.1) is 48.1 Å². The summed E-state index contributed by atoms with van der Waals surface area (Å²) in [5, 5.41) is 2.07. The summed E-state index contributed by atoms with van der Waals surface area (Å²) in [7, 11) is 0. The van der Waals surface area contributed by atoms with E-state index in [4.69, 9.17) is 13.8 Å². The Hall–Kier alpha value is -4.86. The van der Waals surface area contributed by atoms with Crippen molar-refractivity contribution in [2.45, 2.75) is 99.8 Å². The molecule has 1 aliphatic rings. The summed E-state index contributed by atoms with van der Waals surface area (Å²) in [6.45, 7) is 22.5. The third-order valence-corrected chi connectivity index (χ3v) is 11.0. The summed E-state index contributed by atoms with van der Waals surface area (Å²) in [6, 6.07) is 40.4. The first-order chi connectivity index (χ1) is 28.7. The van der Waals surface area contributed by atoms with Crippen molar-refractivity contribution in [3.63, 3.8) is 0 Å². The second kappa shape index (κ2) is 16.3. The molecule has 8 rings (SSSR count). The predicted octanol–water partition coefficient (Wildman–Crippen LogP) is 14.3. The van der Waals surface area contributed by atoms with E-state index in [0.29, 0.717) is 29.2 Å². The minimum absolute atomic E-state index is 0. The fourth-order valence-electron chi connectivity index (χ4n) is 8.03. The van der Waals surface area contributed by atoms with E-state index >= 15 is 0 Å². The average molecular weight is 964 g/mol. The van der Waals surface area contributed by atoms with Crippen LogP contribution in [0.2, 0.25) is 0 Å². The molecule has 5 nitrogen and oxygen atoms in total. The molecule has 1 aliphatic heterocycles. The van der Waals surface area contributed by atoms with Gasteiger partial charge in [-0.1, -0.05) is 99.0 Å². The third-order valence-electron chi connectivity index (χ3n) is 11.0. The van der Waals surface area contributed by atoms with Gasteiger partial charge in [0, 0.05) is 65.5 Å². The number of nitrogens with zero attached hydrogens (tertiary/aromatic N) is 4. The van der Waals surface area contributed by atoms with Crippen LogP contribution in [0.15, 0.2) is 103 Å². The first-order valence-electron chi connectivity index (χ1n) is 22.1. The Balaban J connectivity index is 0.00000578. The van der Waals surface area contributed by atoms with Crippen molar-refractivity contribution in [1.29, 1.82) is 0 Å². The van der Waals surface area contributed by atoms with Crippen LogP contribution in [-0.2, 0) is 44.7 Å². The van der Waals surface area contributed by atoms with Gasteiger partial charge in [-0.3, -0.25) is 0 Å². The summed E-state index contributed by atoms with van der Waals surface area (Å²) in [6.07, 6.45) is 3.48. The molecule has 0 spiro atoms. The number of hydrogen-bond donors (Lipinski definition) is 0. The topological polar surface area (TPSA) is 33.5 Å². The molecule has 0 saturated heterocycles. The van der Waals surface area contributed by atoms with Crippen molar-refractivity contribution in [3.05, 3.63) is 150 Å². The second-order valence-electron chi connectivity index (χ2n) is 18.8. The maximum Gasteiger partial charge on any atom is 0.135 e. The molecule has 6 heteroatoms. The summed E-state index contributed by atoms with van der Waals surface area (Å²) >= 11 is 0. The van der Waals surface area contributed by atoms with E-state index in [-0.39, 0.29) is 37.5 Å². The number of pyridine rings is 1. The maximum absolute atomic E-state index is 8.18. The molecule has 0 saturated carbocycles. The average Bonchev–Trinajstić information content (AvgIpc) is 3.72. The molecule has 0 unspecified atom stereocenters. The van der Waals surface area contributed by atoms with Gasteiger partial charge in [0.15, 0.2) is 0 Å². The summed E-state index contributed by atoms with van der Waals surface area (Å²) < 4.78 is 33.2. The summed E-state index contributed by atoms with van der Waals surface area (Å²) in [5.41, 5.74) is 11.2.